The molecule has 1 aliphatic carbocycles. The van der Waals surface area contributed by atoms with Gasteiger partial charge >= 0.3 is 0 Å². The summed E-state index contributed by atoms with van der Waals surface area (Å²) in [6.07, 6.45) is 8.68. The van der Waals surface area contributed by atoms with Gasteiger partial charge in [-0.15, -0.1) is 0 Å². The zero-order valence-corrected chi connectivity index (χ0v) is 11.3. The van der Waals surface area contributed by atoms with Crippen LogP contribution in [-0.2, 0) is 0 Å². The van der Waals surface area contributed by atoms with Crippen LogP contribution in [0, 0.1) is 0 Å². The van der Waals surface area contributed by atoms with Crippen LogP contribution in [0.2, 0.25) is 0 Å². The molecule has 0 radical (unpaired) electrons. The predicted octanol–water partition coefficient (Wildman–Crippen LogP) is 2.78. The zero-order valence-electron chi connectivity index (χ0n) is 11.3. The van der Waals surface area contributed by atoms with Gasteiger partial charge in [-0.1, -0.05) is 25.7 Å². The quantitative estimate of drug-likeness (QED) is 0.689. The molecule has 0 aromatic heterocycles. The van der Waals surface area contributed by atoms with Crippen molar-refractivity contribution in [3.8, 4) is 0 Å². The Hall–Kier alpha value is -0.0800. The van der Waals surface area contributed by atoms with E-state index < -0.39 is 0 Å². The summed E-state index contributed by atoms with van der Waals surface area (Å²) in [5.74, 6) is 0. The molecule has 0 bridgehead atoms. The Kier molecular flexibility index (Phi) is 3.91. The zero-order chi connectivity index (χ0) is 11.6. The molecule has 0 amide bonds. The molecule has 1 aliphatic heterocycles. The molecular formula is C14H28N2. The van der Waals surface area contributed by atoms with Crippen molar-refractivity contribution in [3.63, 3.8) is 0 Å². The molecule has 1 saturated heterocycles. The second kappa shape index (κ2) is 5.05. The van der Waals surface area contributed by atoms with Crippen molar-refractivity contribution in [3.05, 3.63) is 0 Å². The molecule has 16 heavy (non-hydrogen) atoms. The van der Waals surface area contributed by atoms with E-state index in [1.165, 1.54) is 51.6 Å². The Labute approximate surface area is 101 Å². The van der Waals surface area contributed by atoms with Crippen molar-refractivity contribution in [1.82, 2.24) is 10.2 Å². The van der Waals surface area contributed by atoms with Gasteiger partial charge < -0.3 is 5.32 Å². The molecule has 2 fully saturated rings. The minimum absolute atomic E-state index is 0.296. The van der Waals surface area contributed by atoms with Gasteiger partial charge in [0, 0.05) is 30.7 Å². The summed E-state index contributed by atoms with van der Waals surface area (Å²) in [7, 11) is 0. The first-order chi connectivity index (χ1) is 7.57. The lowest BCUT2D eigenvalue weighted by Gasteiger charge is -2.46. The predicted molar refractivity (Wildman–Crippen MR) is 69.7 cm³/mol. The Morgan fingerprint density at radius 3 is 2.25 bits per heavy atom. The highest BCUT2D eigenvalue weighted by molar-refractivity contribution is 4.93. The maximum absolute atomic E-state index is 3.70. The number of nitrogens with one attached hydrogen (secondary N) is 1. The molecule has 0 spiro atoms. The third-order valence-electron chi connectivity index (χ3n) is 4.08. The van der Waals surface area contributed by atoms with Gasteiger partial charge in [-0.25, -0.2) is 0 Å². The van der Waals surface area contributed by atoms with Gasteiger partial charge in [0.2, 0.25) is 0 Å². The number of piperazine rings is 1. The molecule has 1 saturated carbocycles. The first-order valence-electron chi connectivity index (χ1n) is 7.08. The van der Waals surface area contributed by atoms with E-state index in [0.29, 0.717) is 11.6 Å². The lowest BCUT2D eigenvalue weighted by molar-refractivity contribution is 0.0762. The third-order valence-corrected chi connectivity index (χ3v) is 4.08. The molecule has 1 unspecified atom stereocenters. The highest BCUT2D eigenvalue weighted by atomic mass is 15.3. The van der Waals surface area contributed by atoms with Gasteiger partial charge in [0.05, 0.1) is 0 Å². The highest BCUT2D eigenvalue weighted by Gasteiger charge is 2.33. The standard InChI is InChI=1S/C14H28N2/c1-12-10-16(11-14(2,3)15-12)13-8-6-4-5-7-9-13/h12-13,15H,4-11H2,1-3H3. The van der Waals surface area contributed by atoms with Crippen LogP contribution >= 0.6 is 0 Å². The molecule has 2 heteroatoms. The summed E-state index contributed by atoms with van der Waals surface area (Å²) in [4.78, 5) is 2.76. The molecule has 1 atom stereocenters. The molecule has 94 valence electrons. The maximum atomic E-state index is 3.70. The van der Waals surface area contributed by atoms with E-state index in [-0.39, 0.29) is 0 Å². The van der Waals surface area contributed by atoms with Crippen LogP contribution in [0.5, 0.6) is 0 Å². The number of nitrogens with zero attached hydrogens (tertiary/aromatic N) is 1. The minimum atomic E-state index is 0.296. The van der Waals surface area contributed by atoms with Gasteiger partial charge in [0.25, 0.3) is 0 Å². The van der Waals surface area contributed by atoms with E-state index >= 15 is 0 Å². The molecule has 2 nitrogen and oxygen atoms in total. The van der Waals surface area contributed by atoms with Crippen LogP contribution in [0.3, 0.4) is 0 Å². The summed E-state index contributed by atoms with van der Waals surface area (Å²) >= 11 is 0. The maximum Gasteiger partial charge on any atom is 0.0255 e. The van der Waals surface area contributed by atoms with Gasteiger partial charge in [0.15, 0.2) is 0 Å². The van der Waals surface area contributed by atoms with Crippen LogP contribution in [0.4, 0.5) is 0 Å². The smallest absolute Gasteiger partial charge is 0.0255 e. The highest BCUT2D eigenvalue weighted by Crippen LogP contribution is 2.25. The average molecular weight is 224 g/mol. The van der Waals surface area contributed by atoms with E-state index in [4.69, 9.17) is 0 Å². The first kappa shape index (κ1) is 12.4. The number of rotatable bonds is 1. The first-order valence-corrected chi connectivity index (χ1v) is 7.08. The Morgan fingerprint density at radius 1 is 1.06 bits per heavy atom. The molecule has 2 rings (SSSR count). The lowest BCUT2D eigenvalue weighted by atomic mass is 9.95. The lowest BCUT2D eigenvalue weighted by Crippen LogP contribution is -2.62. The summed E-state index contributed by atoms with van der Waals surface area (Å²) in [6, 6.07) is 1.51. The van der Waals surface area contributed by atoms with Gasteiger partial charge in [-0.2, -0.15) is 0 Å². The van der Waals surface area contributed by atoms with Crippen LogP contribution < -0.4 is 5.32 Å². The SMILES string of the molecule is CC1CN(C2CCCCCC2)CC(C)(C)N1. The van der Waals surface area contributed by atoms with E-state index in [2.05, 4.69) is 31.0 Å². The summed E-state index contributed by atoms with van der Waals surface area (Å²) in [6.45, 7) is 9.47. The number of hydrogen-bond acceptors (Lipinski definition) is 2. The summed E-state index contributed by atoms with van der Waals surface area (Å²) < 4.78 is 0. The van der Waals surface area contributed by atoms with Crippen LogP contribution in [-0.4, -0.2) is 35.6 Å². The summed E-state index contributed by atoms with van der Waals surface area (Å²) in [5.41, 5.74) is 0.296. The molecular weight excluding hydrogens is 196 g/mol. The molecule has 1 heterocycles. The monoisotopic (exact) mass is 224 g/mol. The van der Waals surface area contributed by atoms with E-state index in [9.17, 15) is 0 Å². The van der Waals surface area contributed by atoms with Crippen molar-refractivity contribution in [2.45, 2.75) is 76.9 Å². The third kappa shape index (κ3) is 3.21. The van der Waals surface area contributed by atoms with Crippen molar-refractivity contribution in [2.24, 2.45) is 0 Å². The van der Waals surface area contributed by atoms with E-state index in [1.54, 1.807) is 0 Å². The summed E-state index contributed by atoms with van der Waals surface area (Å²) in [5, 5.41) is 3.70. The van der Waals surface area contributed by atoms with Crippen molar-refractivity contribution in [1.29, 1.82) is 0 Å². The molecule has 0 aromatic carbocycles. The number of hydrogen-bond donors (Lipinski definition) is 1. The van der Waals surface area contributed by atoms with Gasteiger partial charge in [-0.05, 0) is 33.6 Å². The second-order valence-electron chi connectivity index (χ2n) is 6.50. The fourth-order valence-electron chi connectivity index (χ4n) is 3.58. The fourth-order valence-corrected chi connectivity index (χ4v) is 3.58. The average Bonchev–Trinajstić information content (AvgIpc) is 2.42. The normalized spacial score (nSPS) is 33.6. The van der Waals surface area contributed by atoms with Gasteiger partial charge in [-0.3, -0.25) is 4.90 Å². The Morgan fingerprint density at radius 2 is 1.69 bits per heavy atom. The largest absolute Gasteiger partial charge is 0.307 e. The van der Waals surface area contributed by atoms with Gasteiger partial charge in [0.1, 0.15) is 0 Å². The van der Waals surface area contributed by atoms with Crippen molar-refractivity contribution in [2.75, 3.05) is 13.1 Å². The topological polar surface area (TPSA) is 15.3 Å². The van der Waals surface area contributed by atoms with Crippen LogP contribution in [0.15, 0.2) is 0 Å². The van der Waals surface area contributed by atoms with E-state index in [1.807, 2.05) is 0 Å². The molecule has 0 aromatic rings. The molecule has 2 aliphatic rings. The fraction of sp³-hybridized carbons (Fsp3) is 1.00. The van der Waals surface area contributed by atoms with Crippen LogP contribution in [0.25, 0.3) is 0 Å². The minimum Gasteiger partial charge on any atom is -0.307 e. The second-order valence-corrected chi connectivity index (χ2v) is 6.50. The van der Waals surface area contributed by atoms with Crippen molar-refractivity contribution < 1.29 is 0 Å². The Balaban J connectivity index is 1.96. The van der Waals surface area contributed by atoms with E-state index in [0.717, 1.165) is 6.04 Å². The Bertz CT molecular complexity index is 217. The molecule has 1 N–H and O–H groups in total. The van der Waals surface area contributed by atoms with Crippen molar-refractivity contribution >= 4 is 0 Å². The van der Waals surface area contributed by atoms with Crippen LogP contribution in [0.1, 0.15) is 59.3 Å².